The minimum absolute atomic E-state index is 0.0325. The topological polar surface area (TPSA) is 101 Å². The molecule has 8 nitrogen and oxygen atoms in total. The summed E-state index contributed by atoms with van der Waals surface area (Å²) in [6.07, 6.45) is 6.96. The Morgan fingerprint density at radius 2 is 1.97 bits per heavy atom. The van der Waals surface area contributed by atoms with Crippen LogP contribution in [-0.2, 0) is 14.3 Å². The number of hydrogen-bond donors (Lipinski definition) is 2. The first kappa shape index (κ1) is 20.3. The number of nitrogens with zero attached hydrogens (tertiary/aromatic N) is 2. The summed E-state index contributed by atoms with van der Waals surface area (Å²) in [5.74, 6) is -0.113. The maximum Gasteiger partial charge on any atom is 0.254 e. The highest BCUT2D eigenvalue weighted by molar-refractivity contribution is 5.94. The molecule has 2 amide bonds. The van der Waals surface area contributed by atoms with Crippen molar-refractivity contribution in [3.8, 4) is 0 Å². The Morgan fingerprint density at radius 1 is 1.17 bits per heavy atom. The largest absolute Gasteiger partial charge is 0.389 e. The first-order chi connectivity index (χ1) is 14.1. The van der Waals surface area contributed by atoms with Crippen LogP contribution in [0.15, 0.2) is 24.5 Å². The first-order valence-electron chi connectivity index (χ1n) is 10.5. The highest BCUT2D eigenvalue weighted by Crippen LogP contribution is 2.29. The van der Waals surface area contributed by atoms with E-state index in [-0.39, 0.29) is 43.2 Å². The number of carbonyl (C=O) groups excluding carboxylic acids is 2. The van der Waals surface area contributed by atoms with Crippen molar-refractivity contribution < 1.29 is 24.2 Å². The van der Waals surface area contributed by atoms with E-state index >= 15 is 0 Å². The van der Waals surface area contributed by atoms with Crippen molar-refractivity contribution >= 4 is 11.8 Å². The predicted octanol–water partition coefficient (Wildman–Crippen LogP) is 0.890. The molecule has 1 aromatic heterocycles. The second-order valence-electron chi connectivity index (χ2n) is 8.23. The summed E-state index contributed by atoms with van der Waals surface area (Å²) in [4.78, 5) is 31.1. The van der Waals surface area contributed by atoms with Gasteiger partial charge in [-0.15, -0.1) is 0 Å². The zero-order valence-electron chi connectivity index (χ0n) is 16.5. The third kappa shape index (κ3) is 4.94. The summed E-state index contributed by atoms with van der Waals surface area (Å²) in [7, 11) is 0. The molecule has 0 aromatic carbocycles. The van der Waals surface area contributed by atoms with E-state index in [9.17, 15) is 14.7 Å². The molecule has 3 aliphatic rings. The normalized spacial score (nSPS) is 30.4. The Labute approximate surface area is 170 Å². The van der Waals surface area contributed by atoms with Crippen molar-refractivity contribution in [3.05, 3.63) is 30.1 Å². The van der Waals surface area contributed by atoms with E-state index < -0.39 is 6.10 Å². The molecular weight excluding hydrogens is 374 g/mol. The summed E-state index contributed by atoms with van der Waals surface area (Å²) in [5.41, 5.74) is 0.537. The summed E-state index contributed by atoms with van der Waals surface area (Å²) >= 11 is 0. The Morgan fingerprint density at radius 3 is 2.69 bits per heavy atom. The Kier molecular flexibility index (Phi) is 6.42. The average Bonchev–Trinajstić information content (AvgIpc) is 2.68. The zero-order valence-corrected chi connectivity index (χ0v) is 16.5. The van der Waals surface area contributed by atoms with Crippen LogP contribution >= 0.6 is 0 Å². The van der Waals surface area contributed by atoms with E-state index in [1.54, 1.807) is 29.4 Å². The van der Waals surface area contributed by atoms with Gasteiger partial charge in [0.1, 0.15) is 6.10 Å². The smallest absolute Gasteiger partial charge is 0.254 e. The first-order valence-corrected chi connectivity index (χ1v) is 10.5. The molecule has 0 radical (unpaired) electrons. The van der Waals surface area contributed by atoms with Crippen molar-refractivity contribution in [1.82, 2.24) is 15.2 Å². The number of ether oxygens (including phenoxy) is 2. The number of rotatable bonds is 4. The van der Waals surface area contributed by atoms with E-state index in [0.29, 0.717) is 37.5 Å². The van der Waals surface area contributed by atoms with E-state index in [0.717, 1.165) is 12.8 Å². The molecule has 4 rings (SSSR count). The minimum Gasteiger partial charge on any atom is -0.389 e. The second-order valence-corrected chi connectivity index (χ2v) is 8.23. The van der Waals surface area contributed by atoms with E-state index in [4.69, 9.17) is 9.47 Å². The predicted molar refractivity (Wildman–Crippen MR) is 104 cm³/mol. The molecule has 2 saturated heterocycles. The third-order valence-corrected chi connectivity index (χ3v) is 6.05. The number of fused-ring (bicyclic) bond motifs is 1. The molecule has 8 heteroatoms. The SMILES string of the molecule is O=C(C[C@@H]1CC[C@H]2[C@@H](COC[C@H](O)CN2C(=O)c2ccncc2)O1)NC1CCC1. The van der Waals surface area contributed by atoms with Gasteiger partial charge in [0, 0.05) is 30.5 Å². The van der Waals surface area contributed by atoms with Crippen LogP contribution in [0.1, 0.15) is 48.9 Å². The quantitative estimate of drug-likeness (QED) is 0.774. The van der Waals surface area contributed by atoms with E-state index in [1.807, 2.05) is 0 Å². The Hall–Kier alpha value is -2.03. The maximum absolute atomic E-state index is 13.1. The number of amides is 2. The summed E-state index contributed by atoms with van der Waals surface area (Å²) in [6.45, 7) is 0.640. The van der Waals surface area contributed by atoms with Crippen molar-refractivity contribution in [3.63, 3.8) is 0 Å². The molecule has 158 valence electrons. The maximum atomic E-state index is 13.1. The van der Waals surface area contributed by atoms with Crippen LogP contribution in [0, 0.1) is 0 Å². The molecule has 1 aromatic rings. The van der Waals surface area contributed by atoms with Gasteiger partial charge in [-0.05, 0) is 44.2 Å². The van der Waals surface area contributed by atoms with Crippen molar-refractivity contribution in [1.29, 1.82) is 0 Å². The van der Waals surface area contributed by atoms with Gasteiger partial charge in [-0.25, -0.2) is 0 Å². The van der Waals surface area contributed by atoms with Gasteiger partial charge < -0.3 is 24.8 Å². The number of aliphatic hydroxyl groups is 1. The Bertz CT molecular complexity index is 712. The summed E-state index contributed by atoms with van der Waals surface area (Å²) < 4.78 is 11.8. The standard InChI is InChI=1S/C21H29N3O5/c25-16-11-24(21(27)14-6-8-22-9-7-14)18-5-4-17(29-19(18)13-28-12-16)10-20(26)23-15-2-1-3-15/h6-9,15-19,25H,1-5,10-13H2,(H,23,26)/t16-,17+,18+,19-/m1/s1. The second kappa shape index (κ2) is 9.19. The number of hydrogen-bond acceptors (Lipinski definition) is 6. The molecule has 1 saturated carbocycles. The molecule has 4 atom stereocenters. The minimum atomic E-state index is -0.743. The van der Waals surface area contributed by atoms with Crippen LogP contribution in [0.25, 0.3) is 0 Å². The number of pyridine rings is 1. The molecule has 2 N–H and O–H groups in total. The van der Waals surface area contributed by atoms with Crippen LogP contribution in [0.5, 0.6) is 0 Å². The number of aliphatic hydroxyl groups excluding tert-OH is 1. The highest BCUT2D eigenvalue weighted by Gasteiger charge is 2.40. The molecule has 2 aliphatic heterocycles. The molecular formula is C21H29N3O5. The monoisotopic (exact) mass is 403 g/mol. The average molecular weight is 403 g/mol. The van der Waals surface area contributed by atoms with Crippen LogP contribution in [0.4, 0.5) is 0 Å². The van der Waals surface area contributed by atoms with E-state index in [1.165, 1.54) is 6.42 Å². The van der Waals surface area contributed by atoms with Crippen LogP contribution in [0.3, 0.4) is 0 Å². The lowest BCUT2D eigenvalue weighted by Gasteiger charge is -2.44. The zero-order chi connectivity index (χ0) is 20.2. The summed E-state index contributed by atoms with van der Waals surface area (Å²) in [5, 5.41) is 13.3. The van der Waals surface area contributed by atoms with Gasteiger partial charge in [-0.3, -0.25) is 14.6 Å². The van der Waals surface area contributed by atoms with Crippen LogP contribution < -0.4 is 5.32 Å². The van der Waals surface area contributed by atoms with Crippen molar-refractivity contribution in [2.45, 2.75) is 68.9 Å². The van der Waals surface area contributed by atoms with Crippen molar-refractivity contribution in [2.24, 2.45) is 0 Å². The molecule has 0 bridgehead atoms. The van der Waals surface area contributed by atoms with Gasteiger partial charge in [-0.1, -0.05) is 0 Å². The lowest BCUT2D eigenvalue weighted by Crippen LogP contribution is -2.57. The molecule has 0 spiro atoms. The number of nitrogens with one attached hydrogen (secondary N) is 1. The van der Waals surface area contributed by atoms with Crippen molar-refractivity contribution in [2.75, 3.05) is 19.8 Å². The van der Waals surface area contributed by atoms with E-state index in [2.05, 4.69) is 10.3 Å². The molecule has 0 unspecified atom stereocenters. The molecule has 29 heavy (non-hydrogen) atoms. The van der Waals surface area contributed by atoms with Gasteiger partial charge in [0.05, 0.1) is 37.9 Å². The molecule has 3 fully saturated rings. The van der Waals surface area contributed by atoms with Gasteiger partial charge in [-0.2, -0.15) is 0 Å². The fourth-order valence-corrected chi connectivity index (χ4v) is 4.28. The number of carbonyl (C=O) groups is 2. The van der Waals surface area contributed by atoms with Gasteiger partial charge in [0.25, 0.3) is 5.91 Å². The Balaban J connectivity index is 1.42. The van der Waals surface area contributed by atoms with Crippen LogP contribution in [-0.4, -0.2) is 77.0 Å². The van der Waals surface area contributed by atoms with Gasteiger partial charge >= 0.3 is 0 Å². The number of aromatic nitrogens is 1. The third-order valence-electron chi connectivity index (χ3n) is 6.05. The van der Waals surface area contributed by atoms with Gasteiger partial charge in [0.2, 0.25) is 5.91 Å². The summed E-state index contributed by atoms with van der Waals surface area (Å²) in [6, 6.07) is 3.47. The fraction of sp³-hybridized carbons (Fsp3) is 0.667. The lowest BCUT2D eigenvalue weighted by atomic mass is 9.92. The fourth-order valence-electron chi connectivity index (χ4n) is 4.28. The van der Waals surface area contributed by atoms with Crippen LogP contribution in [0.2, 0.25) is 0 Å². The van der Waals surface area contributed by atoms with Gasteiger partial charge in [0.15, 0.2) is 0 Å². The lowest BCUT2D eigenvalue weighted by molar-refractivity contribution is -0.151. The molecule has 1 aliphatic carbocycles. The highest BCUT2D eigenvalue weighted by atomic mass is 16.5. The number of β-amino-alcohol motifs (C(OH)–C–C–N with tert-alkyl or cyclic N) is 1. The molecule has 3 heterocycles.